The van der Waals surface area contributed by atoms with E-state index in [1.807, 2.05) is 0 Å². The van der Waals surface area contributed by atoms with Gasteiger partial charge in [0, 0.05) is 0 Å². The maximum atomic E-state index is 2.32. The summed E-state index contributed by atoms with van der Waals surface area (Å²) in [5.74, 6) is 0.504. The van der Waals surface area contributed by atoms with E-state index in [-0.39, 0.29) is 0 Å². The highest BCUT2D eigenvalue weighted by atomic mass is 14.2. The van der Waals surface area contributed by atoms with Gasteiger partial charge in [0.1, 0.15) is 0 Å². The molecule has 0 bridgehead atoms. The van der Waals surface area contributed by atoms with Gasteiger partial charge in [-0.3, -0.25) is 0 Å². The molecular weight excluding hydrogens is 252 g/mol. The smallest absolute Gasteiger partial charge is 0.00643 e. The van der Waals surface area contributed by atoms with Crippen molar-refractivity contribution >= 4 is 32.3 Å². The predicted octanol–water partition coefficient (Wildman–Crippen LogP) is 6.27. The van der Waals surface area contributed by atoms with E-state index in [2.05, 4.69) is 80.6 Å². The van der Waals surface area contributed by atoms with Gasteiger partial charge in [-0.25, -0.2) is 0 Å². The lowest BCUT2D eigenvalue weighted by Crippen LogP contribution is -1.93. The summed E-state index contributed by atoms with van der Waals surface area (Å²) in [6.07, 6.45) is 0. The van der Waals surface area contributed by atoms with Gasteiger partial charge in [-0.2, -0.15) is 0 Å². The zero-order chi connectivity index (χ0) is 14.4. The Kier molecular flexibility index (Phi) is 2.71. The van der Waals surface area contributed by atoms with Crippen molar-refractivity contribution in [2.45, 2.75) is 19.8 Å². The van der Waals surface area contributed by atoms with Gasteiger partial charge in [0.05, 0.1) is 0 Å². The topological polar surface area (TPSA) is 0 Å². The van der Waals surface area contributed by atoms with E-state index in [9.17, 15) is 0 Å². The van der Waals surface area contributed by atoms with Crippen molar-refractivity contribution in [3.05, 3.63) is 72.3 Å². The molecule has 0 saturated heterocycles. The predicted molar refractivity (Wildman–Crippen MR) is 93.0 cm³/mol. The van der Waals surface area contributed by atoms with E-state index in [1.54, 1.807) is 0 Å². The first-order chi connectivity index (χ1) is 10.3. The van der Waals surface area contributed by atoms with Gasteiger partial charge < -0.3 is 0 Å². The number of hydrogen-bond donors (Lipinski definition) is 0. The molecule has 0 aromatic heterocycles. The first kappa shape index (κ1) is 12.4. The number of fused-ring (bicyclic) bond motifs is 4. The monoisotopic (exact) mass is 270 g/mol. The van der Waals surface area contributed by atoms with Crippen LogP contribution < -0.4 is 0 Å². The maximum Gasteiger partial charge on any atom is -0.00643 e. The number of rotatable bonds is 1. The van der Waals surface area contributed by atoms with Crippen LogP contribution in [0, 0.1) is 0 Å². The Balaban J connectivity index is 2.33. The third-order valence-corrected chi connectivity index (χ3v) is 4.37. The second-order valence-corrected chi connectivity index (χ2v) is 6.05. The number of hydrogen-bond acceptors (Lipinski definition) is 0. The molecule has 0 N–H and O–H groups in total. The van der Waals surface area contributed by atoms with Crippen LogP contribution in [0.1, 0.15) is 25.3 Å². The van der Waals surface area contributed by atoms with Crippen LogP contribution in [0.4, 0.5) is 0 Å². The summed E-state index contributed by atoms with van der Waals surface area (Å²) in [5, 5.41) is 8.17. The molecule has 0 nitrogen and oxygen atoms in total. The molecule has 0 aliphatic rings. The summed E-state index contributed by atoms with van der Waals surface area (Å²) in [6.45, 7) is 4.59. The molecular formula is C21H18. The van der Waals surface area contributed by atoms with Crippen LogP contribution in [0.2, 0.25) is 0 Å². The van der Waals surface area contributed by atoms with Gasteiger partial charge >= 0.3 is 0 Å². The van der Waals surface area contributed by atoms with Crippen molar-refractivity contribution in [3.63, 3.8) is 0 Å². The van der Waals surface area contributed by atoms with Crippen molar-refractivity contribution in [3.8, 4) is 0 Å². The van der Waals surface area contributed by atoms with Crippen molar-refractivity contribution in [2.24, 2.45) is 0 Å². The van der Waals surface area contributed by atoms with E-state index < -0.39 is 0 Å². The Morgan fingerprint density at radius 3 is 2.00 bits per heavy atom. The van der Waals surface area contributed by atoms with Gasteiger partial charge in [0.15, 0.2) is 0 Å². The van der Waals surface area contributed by atoms with Crippen LogP contribution in [-0.4, -0.2) is 0 Å². The summed E-state index contributed by atoms with van der Waals surface area (Å²) in [7, 11) is 0. The molecule has 0 aliphatic carbocycles. The van der Waals surface area contributed by atoms with Crippen LogP contribution >= 0.6 is 0 Å². The van der Waals surface area contributed by atoms with Crippen LogP contribution in [0.15, 0.2) is 66.7 Å². The van der Waals surface area contributed by atoms with Crippen molar-refractivity contribution < 1.29 is 0 Å². The quantitative estimate of drug-likeness (QED) is 0.282. The first-order valence-corrected chi connectivity index (χ1v) is 7.59. The van der Waals surface area contributed by atoms with Gasteiger partial charge in [-0.05, 0) is 49.9 Å². The van der Waals surface area contributed by atoms with Crippen LogP contribution in [-0.2, 0) is 0 Å². The fraction of sp³-hybridized carbons (Fsp3) is 0.143. The highest BCUT2D eigenvalue weighted by Crippen LogP contribution is 2.37. The van der Waals surface area contributed by atoms with Crippen molar-refractivity contribution in [1.82, 2.24) is 0 Å². The lowest BCUT2D eigenvalue weighted by atomic mass is 9.87. The van der Waals surface area contributed by atoms with Crippen LogP contribution in [0.3, 0.4) is 0 Å². The Bertz CT molecular complexity index is 961. The second-order valence-electron chi connectivity index (χ2n) is 6.05. The van der Waals surface area contributed by atoms with E-state index in [1.165, 1.54) is 37.9 Å². The number of benzene rings is 4. The summed E-state index contributed by atoms with van der Waals surface area (Å²) in [4.78, 5) is 0. The highest BCUT2D eigenvalue weighted by Gasteiger charge is 2.12. The molecule has 0 amide bonds. The van der Waals surface area contributed by atoms with Gasteiger partial charge in [0.2, 0.25) is 0 Å². The Labute approximate surface area is 125 Å². The molecule has 0 spiro atoms. The van der Waals surface area contributed by atoms with Crippen LogP contribution in [0.25, 0.3) is 32.3 Å². The van der Waals surface area contributed by atoms with Crippen molar-refractivity contribution in [2.75, 3.05) is 0 Å². The second kappa shape index (κ2) is 4.60. The molecule has 0 heteroatoms. The van der Waals surface area contributed by atoms with E-state index in [0.29, 0.717) is 5.92 Å². The lowest BCUT2D eigenvalue weighted by molar-refractivity contribution is 0.886. The summed E-state index contributed by atoms with van der Waals surface area (Å²) >= 11 is 0. The van der Waals surface area contributed by atoms with E-state index >= 15 is 0 Å². The summed E-state index contributed by atoms with van der Waals surface area (Å²) in [5.41, 5.74) is 1.47. The van der Waals surface area contributed by atoms with Crippen LogP contribution in [0.5, 0.6) is 0 Å². The molecule has 4 aromatic rings. The third kappa shape index (κ3) is 1.83. The molecule has 0 fully saturated rings. The molecule has 0 heterocycles. The zero-order valence-corrected chi connectivity index (χ0v) is 12.4. The molecule has 0 unspecified atom stereocenters. The summed E-state index contributed by atoms with van der Waals surface area (Å²) in [6, 6.07) is 24.3. The molecule has 0 saturated carbocycles. The maximum absolute atomic E-state index is 2.32. The lowest BCUT2D eigenvalue weighted by Gasteiger charge is -2.16. The fourth-order valence-electron chi connectivity index (χ4n) is 3.48. The highest BCUT2D eigenvalue weighted by molar-refractivity contribution is 6.15. The van der Waals surface area contributed by atoms with E-state index in [0.717, 1.165) is 0 Å². The van der Waals surface area contributed by atoms with E-state index in [4.69, 9.17) is 0 Å². The zero-order valence-electron chi connectivity index (χ0n) is 12.4. The normalized spacial score (nSPS) is 11.8. The molecule has 102 valence electrons. The minimum Gasteiger partial charge on any atom is -0.0616 e. The Hall–Kier alpha value is -2.34. The molecule has 4 aromatic carbocycles. The third-order valence-electron chi connectivity index (χ3n) is 4.37. The molecule has 0 atom stereocenters. The Morgan fingerprint density at radius 1 is 0.619 bits per heavy atom. The van der Waals surface area contributed by atoms with Gasteiger partial charge in [0.25, 0.3) is 0 Å². The SMILES string of the molecule is CC(C)c1c2ccccc2cc2ccc3ccccc3c12. The molecule has 0 radical (unpaired) electrons. The fourth-order valence-corrected chi connectivity index (χ4v) is 3.48. The largest absolute Gasteiger partial charge is 0.0616 e. The Morgan fingerprint density at radius 2 is 1.24 bits per heavy atom. The standard InChI is InChI=1S/C21H18/c1-14(2)20-19-10-6-4-8-16(19)13-17-12-11-15-7-3-5-9-18(15)21(17)20/h3-14H,1-2H3. The molecule has 4 rings (SSSR count). The first-order valence-electron chi connectivity index (χ1n) is 7.59. The van der Waals surface area contributed by atoms with Gasteiger partial charge in [-0.15, -0.1) is 0 Å². The average Bonchev–Trinajstić information content (AvgIpc) is 2.52. The minimum absolute atomic E-state index is 0.504. The van der Waals surface area contributed by atoms with Crippen molar-refractivity contribution in [1.29, 1.82) is 0 Å². The molecule has 0 aliphatic heterocycles. The van der Waals surface area contributed by atoms with Gasteiger partial charge in [-0.1, -0.05) is 74.5 Å². The molecule has 21 heavy (non-hydrogen) atoms. The average molecular weight is 270 g/mol. The minimum atomic E-state index is 0.504. The summed E-state index contributed by atoms with van der Waals surface area (Å²) < 4.78 is 0.